The Morgan fingerprint density at radius 3 is 2.71 bits per heavy atom. The van der Waals surface area contributed by atoms with Crippen molar-refractivity contribution in [3.63, 3.8) is 0 Å². The van der Waals surface area contributed by atoms with E-state index in [2.05, 4.69) is 16.9 Å². The van der Waals surface area contributed by atoms with E-state index < -0.39 is 5.41 Å². The van der Waals surface area contributed by atoms with Crippen molar-refractivity contribution in [1.82, 2.24) is 9.97 Å². The van der Waals surface area contributed by atoms with E-state index in [-0.39, 0.29) is 5.97 Å². The van der Waals surface area contributed by atoms with Crippen molar-refractivity contribution in [2.45, 2.75) is 44.9 Å². The van der Waals surface area contributed by atoms with E-state index in [0.717, 1.165) is 37.1 Å². The van der Waals surface area contributed by atoms with E-state index in [9.17, 15) is 4.79 Å². The lowest BCUT2D eigenvalue weighted by atomic mass is 10.1. The van der Waals surface area contributed by atoms with Crippen molar-refractivity contribution in [3.05, 3.63) is 23.3 Å². The van der Waals surface area contributed by atoms with Gasteiger partial charge in [-0.1, -0.05) is 13.3 Å². The van der Waals surface area contributed by atoms with Crippen LogP contribution in [0.2, 0.25) is 0 Å². The summed E-state index contributed by atoms with van der Waals surface area (Å²) in [6.07, 6.45) is 3.57. The second-order valence-electron chi connectivity index (χ2n) is 4.65. The average Bonchev–Trinajstić information content (AvgIpc) is 3.09. The Bertz CT molecular complexity index is 439. The standard InChI is InChI=1S/C13H18N2O2/c1-4-5-10-8-9(2)14-11(15-10)13(6-7-13)12(16)17-3/h8H,4-7H2,1-3H3. The Morgan fingerprint density at radius 1 is 1.47 bits per heavy atom. The molecule has 1 fully saturated rings. The second-order valence-corrected chi connectivity index (χ2v) is 4.65. The average molecular weight is 234 g/mol. The molecule has 1 heterocycles. The van der Waals surface area contributed by atoms with Gasteiger partial charge in [-0.2, -0.15) is 0 Å². The molecule has 0 N–H and O–H groups in total. The number of methoxy groups -OCH3 is 1. The number of carbonyl (C=O) groups is 1. The van der Waals surface area contributed by atoms with Gasteiger partial charge < -0.3 is 4.74 Å². The highest BCUT2D eigenvalue weighted by Crippen LogP contribution is 2.47. The van der Waals surface area contributed by atoms with Crippen molar-refractivity contribution in [2.24, 2.45) is 0 Å². The molecule has 2 rings (SSSR count). The fourth-order valence-electron chi connectivity index (χ4n) is 2.07. The molecule has 1 aliphatic rings. The lowest BCUT2D eigenvalue weighted by molar-refractivity contribution is -0.143. The molecule has 1 saturated carbocycles. The first-order valence-corrected chi connectivity index (χ1v) is 6.06. The van der Waals surface area contributed by atoms with Crippen molar-refractivity contribution >= 4 is 5.97 Å². The Kier molecular flexibility index (Phi) is 3.13. The van der Waals surface area contributed by atoms with Gasteiger partial charge in [-0.3, -0.25) is 4.79 Å². The van der Waals surface area contributed by atoms with Gasteiger partial charge in [0.15, 0.2) is 0 Å². The molecular weight excluding hydrogens is 216 g/mol. The molecule has 0 radical (unpaired) electrons. The molecule has 1 aliphatic carbocycles. The van der Waals surface area contributed by atoms with Crippen LogP contribution >= 0.6 is 0 Å². The van der Waals surface area contributed by atoms with Gasteiger partial charge in [0.05, 0.1) is 7.11 Å². The summed E-state index contributed by atoms with van der Waals surface area (Å²) >= 11 is 0. The number of hydrogen-bond acceptors (Lipinski definition) is 4. The minimum atomic E-state index is -0.552. The number of rotatable bonds is 4. The number of aryl methyl sites for hydroxylation is 2. The maximum Gasteiger partial charge on any atom is 0.319 e. The molecule has 0 aromatic carbocycles. The first-order valence-electron chi connectivity index (χ1n) is 6.06. The topological polar surface area (TPSA) is 52.1 Å². The second kappa shape index (κ2) is 4.43. The minimum Gasteiger partial charge on any atom is -0.468 e. The molecule has 0 unspecified atom stereocenters. The number of ether oxygens (including phenoxy) is 1. The van der Waals surface area contributed by atoms with E-state index in [1.54, 1.807) is 0 Å². The summed E-state index contributed by atoms with van der Waals surface area (Å²) in [7, 11) is 1.42. The molecule has 0 atom stereocenters. The lowest BCUT2D eigenvalue weighted by Gasteiger charge is -2.13. The lowest BCUT2D eigenvalue weighted by Crippen LogP contribution is -2.25. The molecule has 0 bridgehead atoms. The molecule has 0 amide bonds. The zero-order valence-electron chi connectivity index (χ0n) is 10.6. The van der Waals surface area contributed by atoms with E-state index in [1.807, 2.05) is 13.0 Å². The summed E-state index contributed by atoms with van der Waals surface area (Å²) in [5.41, 5.74) is 1.39. The van der Waals surface area contributed by atoms with Gasteiger partial charge in [0, 0.05) is 11.4 Å². The molecule has 1 aromatic rings. The van der Waals surface area contributed by atoms with Crippen molar-refractivity contribution in [1.29, 1.82) is 0 Å². The van der Waals surface area contributed by atoms with E-state index in [4.69, 9.17) is 4.74 Å². The summed E-state index contributed by atoms with van der Waals surface area (Å²) in [5.74, 6) is 0.443. The molecule has 1 aromatic heterocycles. The Hall–Kier alpha value is -1.45. The van der Waals surface area contributed by atoms with Gasteiger partial charge in [0.25, 0.3) is 0 Å². The van der Waals surface area contributed by atoms with Crippen molar-refractivity contribution < 1.29 is 9.53 Å². The van der Waals surface area contributed by atoms with Gasteiger partial charge in [-0.25, -0.2) is 9.97 Å². The first kappa shape index (κ1) is 12.0. The monoisotopic (exact) mass is 234 g/mol. The van der Waals surface area contributed by atoms with Crippen LogP contribution in [0.1, 0.15) is 43.4 Å². The Balaban J connectivity index is 2.35. The van der Waals surface area contributed by atoms with Crippen LogP contribution in [0.5, 0.6) is 0 Å². The molecule has 17 heavy (non-hydrogen) atoms. The van der Waals surface area contributed by atoms with Crippen LogP contribution in [0.3, 0.4) is 0 Å². The fourth-order valence-corrected chi connectivity index (χ4v) is 2.07. The van der Waals surface area contributed by atoms with Crippen LogP contribution in [0.25, 0.3) is 0 Å². The number of aromatic nitrogens is 2. The molecule has 92 valence electrons. The van der Waals surface area contributed by atoms with Gasteiger partial charge in [-0.05, 0) is 32.3 Å². The third-order valence-electron chi connectivity index (χ3n) is 3.17. The molecule has 4 nitrogen and oxygen atoms in total. The van der Waals surface area contributed by atoms with Gasteiger partial charge >= 0.3 is 5.97 Å². The molecule has 4 heteroatoms. The number of esters is 1. The third kappa shape index (κ3) is 2.16. The molecule has 0 aliphatic heterocycles. The van der Waals surface area contributed by atoms with Crippen LogP contribution in [0.15, 0.2) is 6.07 Å². The van der Waals surface area contributed by atoms with E-state index >= 15 is 0 Å². The summed E-state index contributed by atoms with van der Waals surface area (Å²) in [5, 5.41) is 0. The van der Waals surface area contributed by atoms with Crippen molar-refractivity contribution in [3.8, 4) is 0 Å². The summed E-state index contributed by atoms with van der Waals surface area (Å²) in [6, 6.07) is 1.99. The quantitative estimate of drug-likeness (QED) is 0.747. The summed E-state index contributed by atoms with van der Waals surface area (Å²) in [4.78, 5) is 20.7. The largest absolute Gasteiger partial charge is 0.468 e. The Morgan fingerprint density at radius 2 is 2.18 bits per heavy atom. The maximum atomic E-state index is 11.8. The zero-order valence-corrected chi connectivity index (χ0v) is 10.6. The minimum absolute atomic E-state index is 0.203. The third-order valence-corrected chi connectivity index (χ3v) is 3.17. The highest BCUT2D eigenvalue weighted by molar-refractivity contribution is 5.85. The maximum absolute atomic E-state index is 11.8. The van der Waals surface area contributed by atoms with E-state index in [1.165, 1.54) is 7.11 Å². The smallest absolute Gasteiger partial charge is 0.319 e. The van der Waals surface area contributed by atoms with E-state index in [0.29, 0.717) is 5.82 Å². The van der Waals surface area contributed by atoms with Gasteiger partial charge in [0.1, 0.15) is 11.2 Å². The van der Waals surface area contributed by atoms with Crippen LogP contribution in [-0.4, -0.2) is 23.0 Å². The molecular formula is C13H18N2O2. The fraction of sp³-hybridized carbons (Fsp3) is 0.615. The summed E-state index contributed by atoms with van der Waals surface area (Å²) in [6.45, 7) is 4.06. The molecule has 0 saturated heterocycles. The first-order chi connectivity index (χ1) is 8.12. The summed E-state index contributed by atoms with van der Waals surface area (Å²) < 4.78 is 4.85. The van der Waals surface area contributed by atoms with Crippen LogP contribution in [0.4, 0.5) is 0 Å². The van der Waals surface area contributed by atoms with Crippen LogP contribution < -0.4 is 0 Å². The van der Waals surface area contributed by atoms with Gasteiger partial charge in [0.2, 0.25) is 0 Å². The highest BCUT2D eigenvalue weighted by atomic mass is 16.5. The number of nitrogens with zero attached hydrogens (tertiary/aromatic N) is 2. The SMILES string of the molecule is CCCc1cc(C)nc(C2(C(=O)OC)CC2)n1. The number of carbonyl (C=O) groups excluding carboxylic acids is 1. The predicted molar refractivity (Wildman–Crippen MR) is 63.7 cm³/mol. The van der Waals surface area contributed by atoms with Gasteiger partial charge in [-0.15, -0.1) is 0 Å². The highest BCUT2D eigenvalue weighted by Gasteiger charge is 2.55. The van der Waals surface area contributed by atoms with Crippen LogP contribution in [-0.2, 0) is 21.4 Å². The predicted octanol–water partition coefficient (Wildman–Crippen LogP) is 1.94. The number of hydrogen-bond donors (Lipinski definition) is 0. The molecule has 0 spiro atoms. The van der Waals surface area contributed by atoms with Crippen LogP contribution in [0, 0.1) is 6.92 Å². The normalized spacial score (nSPS) is 16.6. The Labute approximate surface area is 101 Å². The van der Waals surface area contributed by atoms with Crippen molar-refractivity contribution in [2.75, 3.05) is 7.11 Å². The zero-order chi connectivity index (χ0) is 12.5.